The van der Waals surface area contributed by atoms with Crippen molar-refractivity contribution < 1.29 is 19.0 Å². The van der Waals surface area contributed by atoms with E-state index < -0.39 is 5.60 Å². The van der Waals surface area contributed by atoms with Crippen LogP contribution in [0.2, 0.25) is 0 Å². The van der Waals surface area contributed by atoms with Gasteiger partial charge in [0, 0.05) is 41.7 Å². The molecule has 2 aromatic rings. The number of hydrogen-bond donors (Lipinski definition) is 0. The van der Waals surface area contributed by atoms with E-state index in [4.69, 9.17) is 14.2 Å². The van der Waals surface area contributed by atoms with Gasteiger partial charge in [-0.2, -0.15) is 0 Å². The minimum absolute atomic E-state index is 0.0187. The van der Waals surface area contributed by atoms with Crippen LogP contribution >= 0.6 is 0 Å². The molecule has 5 aliphatic carbocycles. The van der Waals surface area contributed by atoms with Gasteiger partial charge in [0.25, 0.3) is 0 Å². The summed E-state index contributed by atoms with van der Waals surface area (Å²) in [6.07, 6.45) is 7.55. The second-order valence-corrected chi connectivity index (χ2v) is 12.3. The molecule has 0 radical (unpaired) electrons. The zero-order valence-corrected chi connectivity index (χ0v) is 21.3. The predicted octanol–water partition coefficient (Wildman–Crippen LogP) is 4.80. The van der Waals surface area contributed by atoms with Crippen molar-refractivity contribution in [2.75, 3.05) is 27.3 Å². The van der Waals surface area contributed by atoms with Crippen LogP contribution in [0, 0.1) is 17.3 Å². The Morgan fingerprint density at radius 3 is 2.67 bits per heavy atom. The third-order valence-electron chi connectivity index (χ3n) is 11.2. The highest BCUT2D eigenvalue weighted by Crippen LogP contribution is 2.77. The van der Waals surface area contributed by atoms with E-state index in [0.717, 1.165) is 61.6 Å². The fourth-order valence-electron chi connectivity index (χ4n) is 9.65. The number of methoxy groups -OCH3 is 2. The number of hydrogen-bond acceptors (Lipinski definition) is 5. The fourth-order valence-corrected chi connectivity index (χ4v) is 9.65. The van der Waals surface area contributed by atoms with E-state index in [1.807, 2.05) is 37.4 Å². The number of rotatable bonds is 6. The Bertz CT molecular complexity index is 1260. The smallest absolute Gasteiger partial charge is 0.168 e. The average molecular weight is 486 g/mol. The minimum Gasteiger partial charge on any atom is -0.493 e. The van der Waals surface area contributed by atoms with Gasteiger partial charge in [-0.1, -0.05) is 36.4 Å². The molecule has 4 bridgehead atoms. The molecule has 5 fully saturated rings. The highest BCUT2D eigenvalue weighted by atomic mass is 16.6. The summed E-state index contributed by atoms with van der Waals surface area (Å²) < 4.78 is 19.4. The maximum Gasteiger partial charge on any atom is 0.168 e. The van der Waals surface area contributed by atoms with E-state index in [1.165, 1.54) is 30.5 Å². The number of nitrogens with zero attached hydrogens (tertiary/aromatic N) is 1. The molecule has 0 amide bonds. The van der Waals surface area contributed by atoms with Crippen molar-refractivity contribution in [1.29, 1.82) is 0 Å². The molecule has 0 aromatic heterocycles. The monoisotopic (exact) mass is 485 g/mol. The zero-order valence-electron chi connectivity index (χ0n) is 21.3. The van der Waals surface area contributed by atoms with Gasteiger partial charge in [0.1, 0.15) is 11.7 Å². The Morgan fingerprint density at radius 1 is 1.08 bits per heavy atom. The van der Waals surface area contributed by atoms with Gasteiger partial charge in [0.15, 0.2) is 17.3 Å². The third-order valence-corrected chi connectivity index (χ3v) is 11.2. The molecule has 0 unspecified atom stereocenters. The predicted molar refractivity (Wildman–Crippen MR) is 136 cm³/mol. The van der Waals surface area contributed by atoms with E-state index in [0.29, 0.717) is 6.04 Å². The van der Waals surface area contributed by atoms with Crippen molar-refractivity contribution in [3.63, 3.8) is 0 Å². The number of carbonyl (C=O) groups is 1. The number of likely N-dealkylation sites (tertiary alicyclic amines) is 1. The first kappa shape index (κ1) is 21.7. The second kappa shape index (κ2) is 7.14. The lowest BCUT2D eigenvalue weighted by molar-refractivity contribution is -0.267. The van der Waals surface area contributed by atoms with Gasteiger partial charge in [-0.25, -0.2) is 0 Å². The van der Waals surface area contributed by atoms with E-state index in [-0.39, 0.29) is 28.6 Å². The van der Waals surface area contributed by atoms with Crippen molar-refractivity contribution in [3.8, 4) is 11.5 Å². The lowest BCUT2D eigenvalue weighted by Crippen LogP contribution is -2.81. The molecule has 4 saturated carbocycles. The zero-order chi connectivity index (χ0) is 24.3. The number of piperidine rings is 1. The lowest BCUT2D eigenvalue weighted by atomic mass is 9.34. The lowest BCUT2D eigenvalue weighted by Gasteiger charge is -2.73. The van der Waals surface area contributed by atoms with Crippen LogP contribution in [0.5, 0.6) is 11.5 Å². The first-order chi connectivity index (χ1) is 17.6. The van der Waals surface area contributed by atoms with E-state index in [2.05, 4.69) is 17.0 Å². The molecular weight excluding hydrogens is 450 g/mol. The topological polar surface area (TPSA) is 48.0 Å². The Labute approximate surface area is 213 Å². The maximum absolute atomic E-state index is 14.2. The van der Waals surface area contributed by atoms with Crippen molar-refractivity contribution in [3.05, 3.63) is 59.2 Å². The number of fused-ring (bicyclic) bond motifs is 2. The quantitative estimate of drug-likeness (QED) is 0.550. The van der Waals surface area contributed by atoms with E-state index >= 15 is 0 Å². The van der Waals surface area contributed by atoms with Crippen LogP contribution in [0.3, 0.4) is 0 Å². The summed E-state index contributed by atoms with van der Waals surface area (Å²) in [6, 6.07) is 14.7. The van der Waals surface area contributed by atoms with Crippen LogP contribution < -0.4 is 9.47 Å². The normalized spacial score (nSPS) is 39.4. The summed E-state index contributed by atoms with van der Waals surface area (Å²) in [7, 11) is 3.55. The molecule has 2 aliphatic heterocycles. The molecule has 7 aliphatic rings. The van der Waals surface area contributed by atoms with Gasteiger partial charge in [-0.05, 0) is 69.0 Å². The molecule has 5 nitrogen and oxygen atoms in total. The summed E-state index contributed by atoms with van der Waals surface area (Å²) >= 11 is 0. The Hall–Kier alpha value is -2.37. The van der Waals surface area contributed by atoms with Gasteiger partial charge in [-0.3, -0.25) is 9.69 Å². The highest BCUT2D eigenvalue weighted by molar-refractivity contribution is 5.99. The van der Waals surface area contributed by atoms with Gasteiger partial charge in [0.2, 0.25) is 0 Å². The molecule has 36 heavy (non-hydrogen) atoms. The summed E-state index contributed by atoms with van der Waals surface area (Å²) in [5.41, 5.74) is 2.88. The SMILES string of the molecule is COc1ccc2c3c1O[C@H]1[C@@]4(OC)CC[C@@]5(C[C@@H]4C(=O)c4ccccc4)[C@@H](C2)N(CC2CC2)CC[C@]315. The average Bonchev–Trinajstić information content (AvgIpc) is 3.67. The first-order valence-corrected chi connectivity index (χ1v) is 13.8. The second-order valence-electron chi connectivity index (χ2n) is 12.3. The van der Waals surface area contributed by atoms with Crippen molar-refractivity contribution in [2.24, 2.45) is 17.3 Å². The van der Waals surface area contributed by atoms with Crippen LogP contribution in [-0.4, -0.2) is 55.7 Å². The fraction of sp³-hybridized carbons (Fsp3) is 0.581. The number of ether oxygens (including phenoxy) is 3. The van der Waals surface area contributed by atoms with Crippen molar-refractivity contribution in [1.82, 2.24) is 4.90 Å². The van der Waals surface area contributed by atoms with Crippen LogP contribution in [0.4, 0.5) is 0 Å². The molecule has 5 heteroatoms. The number of ketones is 1. The minimum atomic E-state index is -0.628. The third kappa shape index (κ3) is 2.38. The summed E-state index contributed by atoms with van der Waals surface area (Å²) in [5, 5.41) is 0. The van der Waals surface area contributed by atoms with Crippen LogP contribution in [0.1, 0.15) is 60.0 Å². The molecule has 9 rings (SSSR count). The first-order valence-electron chi connectivity index (χ1n) is 13.8. The number of Topliss-reactive ketones (excluding diaryl/α,β-unsaturated/α-hetero) is 1. The van der Waals surface area contributed by atoms with Crippen molar-refractivity contribution >= 4 is 5.78 Å². The van der Waals surface area contributed by atoms with Crippen LogP contribution in [0.15, 0.2) is 42.5 Å². The summed E-state index contributed by atoms with van der Waals surface area (Å²) in [4.78, 5) is 17.0. The molecule has 6 atom stereocenters. The van der Waals surface area contributed by atoms with Gasteiger partial charge < -0.3 is 14.2 Å². The Morgan fingerprint density at radius 2 is 1.92 bits per heavy atom. The number of benzene rings is 2. The van der Waals surface area contributed by atoms with Crippen LogP contribution in [0.25, 0.3) is 0 Å². The molecule has 188 valence electrons. The van der Waals surface area contributed by atoms with Crippen molar-refractivity contribution in [2.45, 2.75) is 68.1 Å². The highest BCUT2D eigenvalue weighted by Gasteiger charge is 2.81. The molecule has 2 aromatic carbocycles. The van der Waals surface area contributed by atoms with Crippen LogP contribution in [-0.2, 0) is 16.6 Å². The standard InChI is InChI=1S/C31H35NO4/c1-34-23-11-10-21-16-24-29-12-13-31(35-2,22(17-29)26(33)20-6-4-3-5-7-20)28-30(29,25(21)27(23)36-28)14-15-32(24)18-19-8-9-19/h3-7,10-11,19,22,24,28H,8-9,12-18H2,1-2H3/t22-,24-,28-,29-,30+,31-/m1/s1. The summed E-state index contributed by atoms with van der Waals surface area (Å²) in [6.45, 7) is 2.31. The molecular formula is C31H35NO4. The maximum atomic E-state index is 14.2. The van der Waals surface area contributed by atoms with E-state index in [9.17, 15) is 4.79 Å². The summed E-state index contributed by atoms with van der Waals surface area (Å²) in [5.74, 6) is 2.61. The Kier molecular flexibility index (Phi) is 4.30. The van der Waals surface area contributed by atoms with Gasteiger partial charge in [-0.15, -0.1) is 0 Å². The van der Waals surface area contributed by atoms with E-state index in [1.54, 1.807) is 7.11 Å². The Balaban J connectivity index is 1.35. The molecule has 0 N–H and O–H groups in total. The molecule has 2 spiro atoms. The molecule has 1 saturated heterocycles. The molecule has 2 heterocycles. The largest absolute Gasteiger partial charge is 0.493 e. The van der Waals surface area contributed by atoms with Gasteiger partial charge in [0.05, 0.1) is 13.0 Å². The number of carbonyl (C=O) groups excluding carboxylic acids is 1. The van der Waals surface area contributed by atoms with Gasteiger partial charge >= 0.3 is 0 Å².